The van der Waals surface area contributed by atoms with Gasteiger partial charge in [0, 0.05) is 17.9 Å². The maximum absolute atomic E-state index is 13.6. The lowest BCUT2D eigenvalue weighted by molar-refractivity contribution is -0.116. The zero-order valence-electron chi connectivity index (χ0n) is 13.2. The number of fused-ring (bicyclic) bond motifs is 1. The fourth-order valence-corrected chi connectivity index (χ4v) is 3.31. The number of nitrogens with one attached hydrogen (secondary N) is 1. The lowest BCUT2D eigenvalue weighted by Gasteiger charge is -2.24. The largest absolute Gasteiger partial charge is 0.310 e. The minimum absolute atomic E-state index is 0.0890. The third-order valence-corrected chi connectivity index (χ3v) is 4.35. The van der Waals surface area contributed by atoms with Gasteiger partial charge in [-0.3, -0.25) is 4.79 Å². The van der Waals surface area contributed by atoms with Crippen LogP contribution in [0.4, 0.5) is 10.2 Å². The second kappa shape index (κ2) is 5.60. The van der Waals surface area contributed by atoms with E-state index in [1.807, 2.05) is 43.3 Å². The van der Waals surface area contributed by atoms with Gasteiger partial charge in [0.05, 0.1) is 11.4 Å². The first-order valence-electron chi connectivity index (χ1n) is 7.84. The van der Waals surface area contributed by atoms with E-state index in [9.17, 15) is 9.18 Å². The fourth-order valence-electron chi connectivity index (χ4n) is 3.31. The molecule has 5 heteroatoms. The van der Waals surface area contributed by atoms with Crippen LogP contribution in [0.2, 0.25) is 0 Å². The topological polar surface area (TPSA) is 46.9 Å². The third kappa shape index (κ3) is 2.38. The number of carbonyl (C=O) groups excluding carboxylic acids is 1. The molecule has 0 spiro atoms. The number of aromatic nitrogens is 2. The van der Waals surface area contributed by atoms with Gasteiger partial charge >= 0.3 is 0 Å². The molecule has 1 atom stereocenters. The minimum Gasteiger partial charge on any atom is -0.310 e. The van der Waals surface area contributed by atoms with Crippen LogP contribution in [-0.4, -0.2) is 15.7 Å². The molecule has 2 aromatic carbocycles. The Morgan fingerprint density at radius 1 is 1.17 bits per heavy atom. The maximum atomic E-state index is 13.6. The minimum atomic E-state index is -0.298. The Kier molecular flexibility index (Phi) is 3.41. The van der Waals surface area contributed by atoms with Crippen molar-refractivity contribution in [3.8, 4) is 5.69 Å². The van der Waals surface area contributed by atoms with Crippen molar-refractivity contribution in [1.29, 1.82) is 0 Å². The monoisotopic (exact) mass is 321 g/mol. The lowest BCUT2D eigenvalue weighted by atomic mass is 9.86. The predicted octanol–water partition coefficient (Wildman–Crippen LogP) is 3.79. The summed E-state index contributed by atoms with van der Waals surface area (Å²) < 4.78 is 15.4. The fraction of sp³-hybridized carbons (Fsp3) is 0.158. The van der Waals surface area contributed by atoms with Crippen LogP contribution >= 0.6 is 0 Å². The summed E-state index contributed by atoms with van der Waals surface area (Å²) in [5, 5.41) is 7.53. The molecule has 1 N–H and O–H groups in total. The van der Waals surface area contributed by atoms with Gasteiger partial charge in [-0.05, 0) is 36.8 Å². The van der Waals surface area contributed by atoms with Crippen molar-refractivity contribution in [3.63, 3.8) is 0 Å². The van der Waals surface area contributed by atoms with E-state index >= 15 is 0 Å². The number of anilines is 1. The van der Waals surface area contributed by atoms with E-state index in [-0.39, 0.29) is 24.1 Å². The Morgan fingerprint density at radius 2 is 1.96 bits per heavy atom. The molecule has 1 aliphatic rings. The van der Waals surface area contributed by atoms with Gasteiger partial charge in [0.25, 0.3) is 0 Å². The standard InChI is InChI=1S/C19H16FN3O/c1-12-18-16(13-6-5-7-14(20)10-13)11-17(24)21-19(18)23(22-12)15-8-3-2-4-9-15/h2-10,16H,11H2,1H3,(H,21,24). The second-order valence-corrected chi connectivity index (χ2v) is 5.95. The highest BCUT2D eigenvalue weighted by atomic mass is 19.1. The van der Waals surface area contributed by atoms with Gasteiger partial charge in [-0.25, -0.2) is 9.07 Å². The van der Waals surface area contributed by atoms with Crippen LogP contribution in [0.1, 0.15) is 29.2 Å². The van der Waals surface area contributed by atoms with Crippen LogP contribution in [0.3, 0.4) is 0 Å². The molecule has 0 saturated heterocycles. The van der Waals surface area contributed by atoms with Gasteiger partial charge in [0.2, 0.25) is 5.91 Å². The highest BCUT2D eigenvalue weighted by Crippen LogP contribution is 2.40. The molecule has 1 unspecified atom stereocenters. The molecule has 120 valence electrons. The van der Waals surface area contributed by atoms with Gasteiger partial charge in [0.1, 0.15) is 11.6 Å². The average molecular weight is 321 g/mol. The number of halogens is 1. The highest BCUT2D eigenvalue weighted by Gasteiger charge is 2.32. The number of hydrogen-bond donors (Lipinski definition) is 1. The predicted molar refractivity (Wildman–Crippen MR) is 89.8 cm³/mol. The summed E-state index contributed by atoms with van der Waals surface area (Å²) >= 11 is 0. The summed E-state index contributed by atoms with van der Waals surface area (Å²) in [6, 6.07) is 16.1. The number of amides is 1. The van der Waals surface area contributed by atoms with Crippen LogP contribution in [0.15, 0.2) is 54.6 Å². The molecule has 1 amide bonds. The van der Waals surface area contributed by atoms with Crippen molar-refractivity contribution in [2.75, 3.05) is 5.32 Å². The van der Waals surface area contributed by atoms with E-state index in [4.69, 9.17) is 0 Å². The normalized spacial score (nSPS) is 16.6. The number of carbonyl (C=O) groups is 1. The molecule has 4 nitrogen and oxygen atoms in total. The molecule has 24 heavy (non-hydrogen) atoms. The number of para-hydroxylation sites is 1. The smallest absolute Gasteiger partial charge is 0.226 e. The summed E-state index contributed by atoms with van der Waals surface area (Å²) in [4.78, 5) is 12.2. The first kappa shape index (κ1) is 14.6. The molecule has 2 heterocycles. The number of rotatable bonds is 2. The number of aryl methyl sites for hydroxylation is 1. The van der Waals surface area contributed by atoms with Crippen LogP contribution < -0.4 is 5.32 Å². The van der Waals surface area contributed by atoms with E-state index in [1.54, 1.807) is 10.7 Å². The van der Waals surface area contributed by atoms with Crippen molar-refractivity contribution in [2.45, 2.75) is 19.3 Å². The van der Waals surface area contributed by atoms with Crippen LogP contribution in [0, 0.1) is 12.7 Å². The van der Waals surface area contributed by atoms with Gasteiger partial charge in [-0.1, -0.05) is 30.3 Å². The molecule has 0 radical (unpaired) electrons. The molecule has 0 fully saturated rings. The van der Waals surface area contributed by atoms with Crippen molar-refractivity contribution >= 4 is 11.7 Å². The molecule has 3 aromatic rings. The first-order valence-corrected chi connectivity index (χ1v) is 7.84. The molecule has 0 aliphatic carbocycles. The Bertz CT molecular complexity index is 918. The molecule has 0 saturated carbocycles. The molecular formula is C19H16FN3O. The van der Waals surface area contributed by atoms with Gasteiger partial charge in [-0.15, -0.1) is 0 Å². The molecule has 1 aromatic heterocycles. The Balaban J connectivity index is 1.89. The van der Waals surface area contributed by atoms with Gasteiger partial charge < -0.3 is 5.32 Å². The van der Waals surface area contributed by atoms with E-state index in [2.05, 4.69) is 10.4 Å². The second-order valence-electron chi connectivity index (χ2n) is 5.95. The Morgan fingerprint density at radius 3 is 2.71 bits per heavy atom. The number of hydrogen-bond acceptors (Lipinski definition) is 2. The quantitative estimate of drug-likeness (QED) is 0.780. The van der Waals surface area contributed by atoms with Crippen LogP contribution in [-0.2, 0) is 4.79 Å². The summed E-state index contributed by atoms with van der Waals surface area (Å²) in [5.41, 5.74) is 3.45. The molecule has 4 rings (SSSR count). The van der Waals surface area contributed by atoms with Crippen LogP contribution in [0.25, 0.3) is 5.69 Å². The summed E-state index contributed by atoms with van der Waals surface area (Å²) in [5.74, 6) is 0.0908. The zero-order chi connectivity index (χ0) is 16.7. The van der Waals surface area contributed by atoms with E-state index in [0.29, 0.717) is 5.82 Å². The lowest BCUT2D eigenvalue weighted by Crippen LogP contribution is -2.25. The van der Waals surface area contributed by atoms with Crippen molar-refractivity contribution in [2.24, 2.45) is 0 Å². The molecule has 0 bridgehead atoms. The molecule has 1 aliphatic heterocycles. The summed E-state index contributed by atoms with van der Waals surface area (Å²) in [6.07, 6.45) is 0.289. The average Bonchev–Trinajstić information content (AvgIpc) is 2.91. The van der Waals surface area contributed by atoms with E-state index in [1.165, 1.54) is 12.1 Å². The van der Waals surface area contributed by atoms with Crippen molar-refractivity contribution in [1.82, 2.24) is 9.78 Å². The van der Waals surface area contributed by atoms with E-state index in [0.717, 1.165) is 22.5 Å². The highest BCUT2D eigenvalue weighted by molar-refractivity contribution is 5.95. The van der Waals surface area contributed by atoms with Crippen molar-refractivity contribution in [3.05, 3.63) is 77.2 Å². The van der Waals surface area contributed by atoms with E-state index < -0.39 is 0 Å². The molecular weight excluding hydrogens is 305 g/mol. The summed E-state index contributed by atoms with van der Waals surface area (Å²) in [7, 11) is 0. The number of nitrogens with zero attached hydrogens (tertiary/aromatic N) is 2. The number of benzene rings is 2. The van der Waals surface area contributed by atoms with Crippen molar-refractivity contribution < 1.29 is 9.18 Å². The Hall–Kier alpha value is -2.95. The van der Waals surface area contributed by atoms with Gasteiger partial charge in [-0.2, -0.15) is 5.10 Å². The third-order valence-electron chi connectivity index (χ3n) is 4.35. The first-order chi connectivity index (χ1) is 11.6. The Labute approximate surface area is 138 Å². The zero-order valence-corrected chi connectivity index (χ0v) is 13.2. The van der Waals surface area contributed by atoms with Gasteiger partial charge in [0.15, 0.2) is 0 Å². The maximum Gasteiger partial charge on any atom is 0.226 e. The SMILES string of the molecule is Cc1nn(-c2ccccc2)c2c1C(c1cccc(F)c1)CC(=O)N2. The van der Waals surface area contributed by atoms with Crippen LogP contribution in [0.5, 0.6) is 0 Å². The summed E-state index contributed by atoms with van der Waals surface area (Å²) in [6.45, 7) is 1.92.